The number of hydrogen-bond acceptors (Lipinski definition) is 3. The summed E-state index contributed by atoms with van der Waals surface area (Å²) in [6.07, 6.45) is 3.80. The molecule has 1 aromatic carbocycles. The van der Waals surface area contributed by atoms with E-state index in [0.717, 1.165) is 19.0 Å². The van der Waals surface area contributed by atoms with Crippen LogP contribution in [0.25, 0.3) is 0 Å². The van der Waals surface area contributed by atoms with Crippen LogP contribution < -0.4 is 5.73 Å². The summed E-state index contributed by atoms with van der Waals surface area (Å²) in [7, 11) is 0. The molecule has 3 atom stereocenters. The average Bonchev–Trinajstić information content (AvgIpc) is 2.92. The minimum absolute atomic E-state index is 0.485. The fraction of sp³-hybridized carbons (Fsp3) is 0.647. The summed E-state index contributed by atoms with van der Waals surface area (Å²) < 4.78 is 0. The van der Waals surface area contributed by atoms with Gasteiger partial charge >= 0.3 is 0 Å². The molecule has 3 nitrogen and oxygen atoms in total. The summed E-state index contributed by atoms with van der Waals surface area (Å²) in [4.78, 5) is 5.39. The third-order valence-corrected chi connectivity index (χ3v) is 5.01. The van der Waals surface area contributed by atoms with Crippen molar-refractivity contribution in [1.82, 2.24) is 9.80 Å². The number of rotatable bonds is 4. The van der Waals surface area contributed by atoms with E-state index in [1.807, 2.05) is 0 Å². The smallest absolute Gasteiger partial charge is 0.0364 e. The fourth-order valence-corrected chi connectivity index (χ4v) is 4.00. The molecule has 3 unspecified atom stereocenters. The van der Waals surface area contributed by atoms with Gasteiger partial charge in [-0.05, 0) is 44.8 Å². The Morgan fingerprint density at radius 2 is 2.05 bits per heavy atom. The summed E-state index contributed by atoms with van der Waals surface area (Å²) in [5.74, 6) is 0. The minimum atomic E-state index is 0.485. The SMILES string of the molecule is CC1CN2CCCC2CN1C(CCN)c1ccccc1. The molecule has 0 saturated carbocycles. The molecule has 2 fully saturated rings. The predicted octanol–water partition coefficient (Wildman–Crippen LogP) is 2.25. The number of benzene rings is 1. The van der Waals surface area contributed by atoms with Crippen LogP contribution in [0.2, 0.25) is 0 Å². The number of fused-ring (bicyclic) bond motifs is 1. The maximum absolute atomic E-state index is 5.89. The van der Waals surface area contributed by atoms with E-state index in [9.17, 15) is 0 Å². The summed E-state index contributed by atoms with van der Waals surface area (Å²) in [6.45, 7) is 6.87. The highest BCUT2D eigenvalue weighted by Gasteiger charge is 2.37. The van der Waals surface area contributed by atoms with Crippen LogP contribution in [0.4, 0.5) is 0 Å². The summed E-state index contributed by atoms with van der Waals surface area (Å²) in [6, 6.07) is 12.8. The molecule has 2 aliphatic heterocycles. The maximum Gasteiger partial charge on any atom is 0.0364 e. The Morgan fingerprint density at radius 3 is 2.80 bits per heavy atom. The van der Waals surface area contributed by atoms with Crippen molar-refractivity contribution in [2.75, 3.05) is 26.2 Å². The van der Waals surface area contributed by atoms with Gasteiger partial charge in [0, 0.05) is 31.2 Å². The number of piperazine rings is 1. The van der Waals surface area contributed by atoms with Crippen molar-refractivity contribution < 1.29 is 0 Å². The maximum atomic E-state index is 5.89. The molecule has 2 heterocycles. The zero-order valence-corrected chi connectivity index (χ0v) is 12.5. The van der Waals surface area contributed by atoms with Crippen LogP contribution >= 0.6 is 0 Å². The van der Waals surface area contributed by atoms with Gasteiger partial charge in [-0.2, -0.15) is 0 Å². The normalized spacial score (nSPS) is 29.3. The molecule has 0 aromatic heterocycles. The van der Waals surface area contributed by atoms with Crippen molar-refractivity contribution in [3.63, 3.8) is 0 Å². The van der Waals surface area contributed by atoms with Crippen LogP contribution in [0.1, 0.15) is 37.8 Å². The van der Waals surface area contributed by atoms with Crippen LogP contribution in [-0.4, -0.2) is 48.1 Å². The quantitative estimate of drug-likeness (QED) is 0.913. The molecule has 2 aliphatic rings. The van der Waals surface area contributed by atoms with Crippen molar-refractivity contribution >= 4 is 0 Å². The van der Waals surface area contributed by atoms with E-state index in [1.54, 1.807) is 0 Å². The second-order valence-corrected chi connectivity index (χ2v) is 6.34. The average molecular weight is 273 g/mol. The van der Waals surface area contributed by atoms with Gasteiger partial charge in [0.15, 0.2) is 0 Å². The molecule has 2 saturated heterocycles. The van der Waals surface area contributed by atoms with Crippen molar-refractivity contribution in [3.05, 3.63) is 35.9 Å². The van der Waals surface area contributed by atoms with Crippen molar-refractivity contribution in [2.45, 2.75) is 44.3 Å². The molecule has 2 N–H and O–H groups in total. The monoisotopic (exact) mass is 273 g/mol. The Labute approximate surface area is 122 Å². The highest BCUT2D eigenvalue weighted by molar-refractivity contribution is 5.20. The Balaban J connectivity index is 1.80. The van der Waals surface area contributed by atoms with Crippen LogP contribution in [0.3, 0.4) is 0 Å². The van der Waals surface area contributed by atoms with Crippen LogP contribution in [0, 0.1) is 0 Å². The number of nitrogens with two attached hydrogens (primary N) is 1. The van der Waals surface area contributed by atoms with E-state index >= 15 is 0 Å². The molecule has 3 rings (SSSR count). The van der Waals surface area contributed by atoms with Gasteiger partial charge < -0.3 is 5.73 Å². The standard InChI is InChI=1S/C17H27N3/c1-14-12-19-11-5-8-16(19)13-20(14)17(9-10-18)15-6-3-2-4-7-15/h2-4,6-7,14,16-17H,5,8-13,18H2,1H3. The predicted molar refractivity (Wildman–Crippen MR) is 83.6 cm³/mol. The molecule has 110 valence electrons. The largest absolute Gasteiger partial charge is 0.330 e. The zero-order chi connectivity index (χ0) is 13.9. The van der Waals surface area contributed by atoms with E-state index < -0.39 is 0 Å². The van der Waals surface area contributed by atoms with Gasteiger partial charge in [0.25, 0.3) is 0 Å². The van der Waals surface area contributed by atoms with E-state index in [0.29, 0.717) is 12.1 Å². The minimum Gasteiger partial charge on any atom is -0.330 e. The lowest BCUT2D eigenvalue weighted by Gasteiger charge is -2.46. The van der Waals surface area contributed by atoms with Crippen LogP contribution in [0.5, 0.6) is 0 Å². The topological polar surface area (TPSA) is 32.5 Å². The van der Waals surface area contributed by atoms with Gasteiger partial charge in [-0.15, -0.1) is 0 Å². The van der Waals surface area contributed by atoms with Gasteiger partial charge in [-0.25, -0.2) is 0 Å². The molecular weight excluding hydrogens is 246 g/mol. The molecule has 0 bridgehead atoms. The molecule has 20 heavy (non-hydrogen) atoms. The molecule has 0 amide bonds. The summed E-state index contributed by atoms with van der Waals surface area (Å²) in [5, 5.41) is 0. The molecule has 3 heteroatoms. The first-order valence-corrected chi connectivity index (χ1v) is 8.04. The van der Waals surface area contributed by atoms with Crippen LogP contribution in [0.15, 0.2) is 30.3 Å². The van der Waals surface area contributed by atoms with E-state index in [2.05, 4.69) is 47.1 Å². The van der Waals surface area contributed by atoms with Crippen LogP contribution in [-0.2, 0) is 0 Å². The summed E-state index contributed by atoms with van der Waals surface area (Å²) >= 11 is 0. The Bertz CT molecular complexity index is 420. The first-order valence-electron chi connectivity index (χ1n) is 8.04. The van der Waals surface area contributed by atoms with Gasteiger partial charge in [0.05, 0.1) is 0 Å². The van der Waals surface area contributed by atoms with Crippen molar-refractivity contribution in [3.8, 4) is 0 Å². The molecule has 0 radical (unpaired) electrons. The first kappa shape index (κ1) is 14.1. The van der Waals surface area contributed by atoms with E-state index in [1.165, 1.54) is 38.0 Å². The molecular formula is C17H27N3. The molecule has 1 aromatic rings. The first-order chi connectivity index (χ1) is 9.79. The second kappa shape index (κ2) is 6.25. The Morgan fingerprint density at radius 1 is 1.25 bits per heavy atom. The van der Waals surface area contributed by atoms with Crippen molar-refractivity contribution in [2.24, 2.45) is 5.73 Å². The van der Waals surface area contributed by atoms with E-state index in [4.69, 9.17) is 5.73 Å². The summed E-state index contributed by atoms with van der Waals surface area (Å²) in [5.41, 5.74) is 7.32. The lowest BCUT2D eigenvalue weighted by Crippen LogP contribution is -2.55. The van der Waals surface area contributed by atoms with Gasteiger partial charge in [0.2, 0.25) is 0 Å². The highest BCUT2D eigenvalue weighted by Crippen LogP contribution is 2.32. The second-order valence-electron chi connectivity index (χ2n) is 6.34. The number of hydrogen-bond donors (Lipinski definition) is 1. The van der Waals surface area contributed by atoms with Gasteiger partial charge in [-0.3, -0.25) is 9.80 Å². The highest BCUT2D eigenvalue weighted by atomic mass is 15.3. The van der Waals surface area contributed by atoms with Crippen molar-refractivity contribution in [1.29, 1.82) is 0 Å². The lowest BCUT2D eigenvalue weighted by molar-refractivity contribution is 0.0251. The third kappa shape index (κ3) is 2.76. The zero-order valence-electron chi connectivity index (χ0n) is 12.5. The van der Waals surface area contributed by atoms with E-state index in [-0.39, 0.29) is 0 Å². The Kier molecular flexibility index (Phi) is 4.39. The lowest BCUT2D eigenvalue weighted by atomic mass is 9.97. The molecule has 0 spiro atoms. The number of nitrogens with zero attached hydrogens (tertiary/aromatic N) is 2. The Hall–Kier alpha value is -0.900. The van der Waals surface area contributed by atoms with Gasteiger partial charge in [0.1, 0.15) is 0 Å². The molecule has 0 aliphatic carbocycles. The van der Waals surface area contributed by atoms with Gasteiger partial charge in [-0.1, -0.05) is 30.3 Å². The fourth-order valence-electron chi connectivity index (χ4n) is 4.00. The third-order valence-electron chi connectivity index (χ3n) is 5.01.